The van der Waals surface area contributed by atoms with Crippen molar-refractivity contribution in [3.05, 3.63) is 86.3 Å². The third-order valence-corrected chi connectivity index (χ3v) is 6.11. The van der Waals surface area contributed by atoms with Gasteiger partial charge in [0.1, 0.15) is 11.6 Å². The first-order valence-corrected chi connectivity index (χ1v) is 9.97. The Bertz CT molecular complexity index is 988. The van der Waals surface area contributed by atoms with Crippen LogP contribution in [0.25, 0.3) is 0 Å². The zero-order valence-electron chi connectivity index (χ0n) is 13.6. The number of nitrogens with zero attached hydrogens (tertiary/aromatic N) is 2. The molecule has 2 aliphatic rings. The number of hydrogen-bond acceptors (Lipinski definition) is 4. The van der Waals surface area contributed by atoms with Crippen LogP contribution in [0.1, 0.15) is 34.7 Å². The fraction of sp³-hybridized carbons (Fsp3) is 0.150. The zero-order valence-corrected chi connectivity index (χ0v) is 16.0. The summed E-state index contributed by atoms with van der Waals surface area (Å²) in [5.74, 6) is 0.655. The predicted molar refractivity (Wildman–Crippen MR) is 104 cm³/mol. The Morgan fingerprint density at radius 1 is 1.15 bits per heavy atom. The van der Waals surface area contributed by atoms with Crippen LogP contribution in [0.2, 0.25) is 0 Å². The smallest absolute Gasteiger partial charge is 0.222 e. The van der Waals surface area contributed by atoms with Crippen LogP contribution in [0, 0.1) is 5.82 Å². The number of benzene rings is 2. The Labute approximate surface area is 162 Å². The highest BCUT2D eigenvalue weighted by atomic mass is 79.9. The number of ether oxygens (including phenoxy) is 1. The van der Waals surface area contributed by atoms with Gasteiger partial charge in [-0.3, -0.25) is 0 Å². The van der Waals surface area contributed by atoms with Crippen LogP contribution in [0.4, 0.5) is 4.39 Å². The minimum Gasteiger partial charge on any atom is -0.464 e. The van der Waals surface area contributed by atoms with Gasteiger partial charge in [0.15, 0.2) is 0 Å². The molecule has 2 aromatic carbocycles. The van der Waals surface area contributed by atoms with E-state index in [4.69, 9.17) is 9.84 Å². The summed E-state index contributed by atoms with van der Waals surface area (Å²) < 4.78 is 20.6. The summed E-state index contributed by atoms with van der Waals surface area (Å²) in [6.45, 7) is 0. The van der Waals surface area contributed by atoms with Crippen molar-refractivity contribution >= 4 is 33.0 Å². The Kier molecular flexibility index (Phi) is 3.83. The Morgan fingerprint density at radius 3 is 2.77 bits per heavy atom. The fourth-order valence-corrected chi connectivity index (χ4v) is 4.62. The molecule has 3 aromatic rings. The molecule has 2 aliphatic heterocycles. The Morgan fingerprint density at radius 2 is 2.00 bits per heavy atom. The highest BCUT2D eigenvalue weighted by Gasteiger charge is 2.41. The maximum Gasteiger partial charge on any atom is 0.222 e. The maximum atomic E-state index is 13.3. The van der Waals surface area contributed by atoms with E-state index >= 15 is 0 Å². The molecule has 6 heteroatoms. The van der Waals surface area contributed by atoms with Gasteiger partial charge >= 0.3 is 0 Å². The number of hydrogen-bond donors (Lipinski definition) is 0. The molecule has 0 amide bonds. The molecule has 1 aromatic heterocycles. The van der Waals surface area contributed by atoms with Gasteiger partial charge in [-0.25, -0.2) is 9.40 Å². The van der Waals surface area contributed by atoms with E-state index < -0.39 is 0 Å². The third-order valence-electron chi connectivity index (χ3n) is 4.72. The second kappa shape index (κ2) is 6.21. The molecule has 3 heterocycles. The molecule has 0 bridgehead atoms. The Balaban J connectivity index is 1.60. The molecular formula is C20H14BrFN2OS. The number of hydrazone groups is 1. The van der Waals surface area contributed by atoms with Gasteiger partial charge in [0.05, 0.1) is 16.6 Å². The largest absolute Gasteiger partial charge is 0.464 e. The zero-order chi connectivity index (χ0) is 17.7. The van der Waals surface area contributed by atoms with E-state index in [-0.39, 0.29) is 18.1 Å². The fourth-order valence-electron chi connectivity index (χ4n) is 3.49. The van der Waals surface area contributed by atoms with Gasteiger partial charge < -0.3 is 4.74 Å². The predicted octanol–water partition coefficient (Wildman–Crippen LogP) is 5.89. The van der Waals surface area contributed by atoms with Gasteiger partial charge in [-0.1, -0.05) is 34.1 Å². The quantitative estimate of drug-likeness (QED) is 0.507. The molecule has 0 saturated heterocycles. The minimum absolute atomic E-state index is 0.100. The van der Waals surface area contributed by atoms with E-state index in [0.29, 0.717) is 0 Å². The van der Waals surface area contributed by atoms with Crippen molar-refractivity contribution in [3.63, 3.8) is 0 Å². The molecular weight excluding hydrogens is 415 g/mol. The topological polar surface area (TPSA) is 24.8 Å². The molecule has 0 aliphatic carbocycles. The number of fused-ring (bicyclic) bond motifs is 3. The van der Waals surface area contributed by atoms with Crippen molar-refractivity contribution < 1.29 is 9.13 Å². The van der Waals surface area contributed by atoms with E-state index in [1.54, 1.807) is 23.5 Å². The summed E-state index contributed by atoms with van der Waals surface area (Å²) >= 11 is 5.22. The number of rotatable bonds is 2. The minimum atomic E-state index is -0.244. The monoisotopic (exact) mass is 428 g/mol. The van der Waals surface area contributed by atoms with E-state index in [1.807, 2.05) is 28.6 Å². The molecule has 0 fully saturated rings. The normalized spacial score (nSPS) is 21.0. The molecule has 2 atom stereocenters. The van der Waals surface area contributed by atoms with Crippen LogP contribution in [-0.4, -0.2) is 10.7 Å². The van der Waals surface area contributed by atoms with E-state index in [2.05, 4.69) is 28.1 Å². The standard InChI is InChI=1S/C20H14BrFN2OS/c21-13-5-8-18-15(10-13)17-11-16(12-3-6-14(22)7-4-12)23-24(17)20(25-18)19-2-1-9-26-19/h1-10,17,20H,11H2/t17-,20-/m0/s1. The van der Waals surface area contributed by atoms with Gasteiger partial charge in [-0.2, -0.15) is 5.10 Å². The van der Waals surface area contributed by atoms with Crippen molar-refractivity contribution in [1.29, 1.82) is 0 Å². The highest BCUT2D eigenvalue weighted by molar-refractivity contribution is 9.10. The van der Waals surface area contributed by atoms with Crippen LogP contribution in [-0.2, 0) is 0 Å². The molecule has 3 nitrogen and oxygen atoms in total. The lowest BCUT2D eigenvalue weighted by Crippen LogP contribution is -2.33. The number of thiophene rings is 1. The second-order valence-electron chi connectivity index (χ2n) is 6.32. The van der Waals surface area contributed by atoms with Crippen LogP contribution < -0.4 is 4.74 Å². The first-order chi connectivity index (χ1) is 12.7. The van der Waals surface area contributed by atoms with Crippen LogP contribution >= 0.6 is 27.3 Å². The summed E-state index contributed by atoms with van der Waals surface area (Å²) in [5, 5.41) is 8.96. The molecule has 0 spiro atoms. The molecule has 26 heavy (non-hydrogen) atoms. The second-order valence-corrected chi connectivity index (χ2v) is 8.22. The van der Waals surface area contributed by atoms with Gasteiger partial charge in [0.25, 0.3) is 0 Å². The molecule has 0 unspecified atom stereocenters. The van der Waals surface area contributed by atoms with Crippen LogP contribution in [0.5, 0.6) is 5.75 Å². The lowest BCUT2D eigenvalue weighted by atomic mass is 9.96. The van der Waals surface area contributed by atoms with Crippen LogP contribution in [0.3, 0.4) is 0 Å². The summed E-state index contributed by atoms with van der Waals surface area (Å²) in [6, 6.07) is 16.8. The summed E-state index contributed by atoms with van der Waals surface area (Å²) in [7, 11) is 0. The highest BCUT2D eigenvalue weighted by Crippen LogP contribution is 2.48. The summed E-state index contributed by atoms with van der Waals surface area (Å²) in [4.78, 5) is 1.12. The summed E-state index contributed by atoms with van der Waals surface area (Å²) in [6.07, 6.45) is 0.520. The van der Waals surface area contributed by atoms with Crippen molar-refractivity contribution in [2.45, 2.75) is 18.7 Å². The molecule has 130 valence electrons. The summed E-state index contributed by atoms with van der Waals surface area (Å²) in [5.41, 5.74) is 3.02. The maximum absolute atomic E-state index is 13.3. The van der Waals surface area contributed by atoms with Gasteiger partial charge in [-0.15, -0.1) is 11.3 Å². The van der Waals surface area contributed by atoms with E-state index in [1.165, 1.54) is 12.1 Å². The molecule has 0 saturated carbocycles. The molecule has 0 radical (unpaired) electrons. The lowest BCUT2D eigenvalue weighted by molar-refractivity contribution is -0.0166. The van der Waals surface area contributed by atoms with Crippen molar-refractivity contribution in [1.82, 2.24) is 5.01 Å². The number of halogens is 2. The molecule has 0 N–H and O–H groups in total. The lowest BCUT2D eigenvalue weighted by Gasteiger charge is -2.37. The first-order valence-electron chi connectivity index (χ1n) is 8.30. The van der Waals surface area contributed by atoms with Crippen molar-refractivity contribution in [2.75, 3.05) is 0 Å². The van der Waals surface area contributed by atoms with Gasteiger partial charge in [0.2, 0.25) is 6.23 Å². The van der Waals surface area contributed by atoms with Crippen molar-refractivity contribution in [3.8, 4) is 5.75 Å². The van der Waals surface area contributed by atoms with Crippen molar-refractivity contribution in [2.24, 2.45) is 5.10 Å². The Hall–Kier alpha value is -2.18. The SMILES string of the molecule is Fc1ccc(C2=NN3[C@@H](C2)c2cc(Br)ccc2O[C@H]3c2cccs2)cc1. The third kappa shape index (κ3) is 2.64. The van der Waals surface area contributed by atoms with Crippen LogP contribution in [0.15, 0.2) is 69.6 Å². The van der Waals surface area contributed by atoms with E-state index in [9.17, 15) is 4.39 Å². The first kappa shape index (κ1) is 16.0. The van der Waals surface area contributed by atoms with E-state index in [0.717, 1.165) is 38.4 Å². The molecule has 5 rings (SSSR count). The van der Waals surface area contributed by atoms with Gasteiger partial charge in [-0.05, 0) is 47.3 Å². The average molecular weight is 429 g/mol. The van der Waals surface area contributed by atoms with Gasteiger partial charge in [0, 0.05) is 16.5 Å². The average Bonchev–Trinajstić information content (AvgIpc) is 3.32.